The number of hydrogen-bond donors (Lipinski definition) is 2. The van der Waals surface area contributed by atoms with Gasteiger partial charge in [-0.2, -0.15) is 0 Å². The first-order valence-corrected chi connectivity index (χ1v) is 7.00. The number of rotatable bonds is 3. The third-order valence-corrected chi connectivity index (χ3v) is 3.51. The van der Waals surface area contributed by atoms with Crippen molar-refractivity contribution in [3.8, 4) is 11.8 Å². The van der Waals surface area contributed by atoms with Gasteiger partial charge >= 0.3 is 0 Å². The van der Waals surface area contributed by atoms with Gasteiger partial charge in [0.25, 0.3) is 5.91 Å². The predicted octanol–water partition coefficient (Wildman–Crippen LogP) is 1.86. The Kier molecular flexibility index (Phi) is 5.04. The van der Waals surface area contributed by atoms with E-state index in [1.165, 1.54) is 23.5 Å². The summed E-state index contributed by atoms with van der Waals surface area (Å²) in [6.45, 7) is 1.88. The van der Waals surface area contributed by atoms with Gasteiger partial charge in [-0.15, -0.1) is 11.3 Å². The average molecular weight is 304 g/mol. The van der Waals surface area contributed by atoms with Crippen molar-refractivity contribution < 1.29 is 14.3 Å². The maximum Gasteiger partial charge on any atom is 0.253 e. The fourth-order valence-electron chi connectivity index (χ4n) is 1.68. The lowest BCUT2D eigenvalue weighted by molar-refractivity contribution is 0.0950. The fraction of sp³-hybridized carbons (Fsp3) is 0.200. The fourth-order valence-corrected chi connectivity index (χ4v) is 2.41. The number of hydrogen-bond acceptors (Lipinski definition) is 4. The Labute approximate surface area is 125 Å². The van der Waals surface area contributed by atoms with Crippen LogP contribution in [0, 0.1) is 24.6 Å². The van der Waals surface area contributed by atoms with E-state index < -0.39 is 11.7 Å². The van der Waals surface area contributed by atoms with Crippen LogP contribution < -0.4 is 5.32 Å². The summed E-state index contributed by atoms with van der Waals surface area (Å²) in [5.74, 6) is 4.14. The minimum atomic E-state index is -0.514. The average Bonchev–Trinajstić information content (AvgIpc) is 2.89. The van der Waals surface area contributed by atoms with Crippen LogP contribution in [0.5, 0.6) is 0 Å². The van der Waals surface area contributed by atoms with Crippen molar-refractivity contribution in [1.82, 2.24) is 10.3 Å². The second kappa shape index (κ2) is 6.97. The first-order valence-electron chi connectivity index (χ1n) is 6.19. The number of benzene rings is 1. The first kappa shape index (κ1) is 15.2. The molecule has 4 nitrogen and oxygen atoms in total. The largest absolute Gasteiger partial charge is 0.384 e. The summed E-state index contributed by atoms with van der Waals surface area (Å²) < 4.78 is 13.3. The molecule has 0 atom stereocenters. The lowest BCUT2D eigenvalue weighted by atomic mass is 10.1. The van der Waals surface area contributed by atoms with E-state index in [0.717, 1.165) is 16.0 Å². The van der Waals surface area contributed by atoms with Crippen LogP contribution in [0.3, 0.4) is 0 Å². The lowest BCUT2D eigenvalue weighted by Crippen LogP contribution is -2.23. The van der Waals surface area contributed by atoms with Crippen molar-refractivity contribution in [2.24, 2.45) is 0 Å². The highest BCUT2D eigenvalue weighted by Gasteiger charge is 2.12. The number of amides is 1. The second-order valence-corrected chi connectivity index (χ2v) is 5.52. The van der Waals surface area contributed by atoms with Crippen molar-refractivity contribution in [3.63, 3.8) is 0 Å². The predicted molar refractivity (Wildman–Crippen MR) is 78.4 cm³/mol. The highest BCUT2D eigenvalue weighted by atomic mass is 32.1. The molecule has 6 heteroatoms. The number of aliphatic hydroxyl groups excluding tert-OH is 1. The Bertz CT molecular complexity index is 716. The number of halogens is 1. The first-order chi connectivity index (χ1) is 10.1. The standard InChI is InChI=1S/C15H13FN2O2S/c1-10-8-17-14(21-10)9-18-15(20)13-7-12(16)5-4-11(13)3-2-6-19/h4-5,7-8,19H,6,9H2,1H3,(H,18,20). The van der Waals surface area contributed by atoms with E-state index >= 15 is 0 Å². The third-order valence-electron chi connectivity index (χ3n) is 2.60. The van der Waals surface area contributed by atoms with Gasteiger partial charge in [0, 0.05) is 16.6 Å². The van der Waals surface area contributed by atoms with E-state index in [0.29, 0.717) is 5.56 Å². The van der Waals surface area contributed by atoms with E-state index in [4.69, 9.17) is 5.11 Å². The number of nitrogens with zero attached hydrogens (tertiary/aromatic N) is 1. The zero-order chi connectivity index (χ0) is 15.2. The van der Waals surface area contributed by atoms with Gasteiger partial charge in [0.2, 0.25) is 0 Å². The number of aromatic nitrogens is 1. The molecule has 0 bridgehead atoms. The molecule has 21 heavy (non-hydrogen) atoms. The number of thiazole rings is 1. The Morgan fingerprint density at radius 3 is 3.00 bits per heavy atom. The van der Waals surface area contributed by atoms with E-state index in [1.807, 2.05) is 6.92 Å². The van der Waals surface area contributed by atoms with Gasteiger partial charge in [0.1, 0.15) is 17.4 Å². The van der Waals surface area contributed by atoms with Gasteiger partial charge in [-0.3, -0.25) is 4.79 Å². The van der Waals surface area contributed by atoms with Crippen molar-refractivity contribution in [1.29, 1.82) is 0 Å². The van der Waals surface area contributed by atoms with Gasteiger partial charge in [-0.1, -0.05) is 11.8 Å². The zero-order valence-corrected chi connectivity index (χ0v) is 12.1. The molecule has 0 unspecified atom stereocenters. The van der Waals surface area contributed by atoms with Crippen LogP contribution in [0.25, 0.3) is 0 Å². The maximum atomic E-state index is 13.3. The summed E-state index contributed by atoms with van der Waals surface area (Å²) in [6, 6.07) is 3.77. The summed E-state index contributed by atoms with van der Waals surface area (Å²) in [7, 11) is 0. The highest BCUT2D eigenvalue weighted by molar-refractivity contribution is 7.11. The Balaban J connectivity index is 2.15. The van der Waals surface area contributed by atoms with E-state index in [-0.39, 0.29) is 18.7 Å². The van der Waals surface area contributed by atoms with Gasteiger partial charge in [0.05, 0.1) is 12.1 Å². The molecule has 0 aliphatic heterocycles. The molecule has 1 aromatic carbocycles. The van der Waals surface area contributed by atoms with E-state index in [9.17, 15) is 9.18 Å². The minimum Gasteiger partial charge on any atom is -0.384 e. The molecule has 0 aliphatic carbocycles. The molecule has 0 radical (unpaired) electrons. The van der Waals surface area contributed by atoms with Crippen molar-refractivity contribution >= 4 is 17.2 Å². The normalized spacial score (nSPS) is 9.86. The van der Waals surface area contributed by atoms with Crippen LogP contribution in [0.4, 0.5) is 4.39 Å². The highest BCUT2D eigenvalue weighted by Crippen LogP contribution is 2.13. The molecule has 2 aromatic rings. The van der Waals surface area contributed by atoms with Gasteiger partial charge < -0.3 is 10.4 Å². The number of aliphatic hydroxyl groups is 1. The smallest absolute Gasteiger partial charge is 0.253 e. The molecule has 0 saturated carbocycles. The molecule has 108 valence electrons. The van der Waals surface area contributed by atoms with Crippen LogP contribution in [-0.2, 0) is 6.54 Å². The quantitative estimate of drug-likeness (QED) is 0.851. The van der Waals surface area contributed by atoms with Crippen LogP contribution in [0.15, 0.2) is 24.4 Å². The molecule has 2 N–H and O–H groups in total. The van der Waals surface area contributed by atoms with E-state index in [2.05, 4.69) is 22.1 Å². The number of carbonyl (C=O) groups excluding carboxylic acids is 1. The third kappa shape index (κ3) is 4.12. The van der Waals surface area contributed by atoms with Gasteiger partial charge in [-0.25, -0.2) is 9.37 Å². The molecule has 0 aliphatic rings. The molecule has 1 heterocycles. The van der Waals surface area contributed by atoms with Crippen LogP contribution >= 0.6 is 11.3 Å². The molecule has 0 saturated heterocycles. The Morgan fingerprint density at radius 2 is 2.33 bits per heavy atom. The molecule has 1 amide bonds. The van der Waals surface area contributed by atoms with Crippen LogP contribution in [-0.4, -0.2) is 22.6 Å². The molecule has 1 aromatic heterocycles. The Morgan fingerprint density at radius 1 is 1.52 bits per heavy atom. The summed E-state index contributed by atoms with van der Waals surface area (Å²) in [5.41, 5.74) is 0.516. The van der Waals surface area contributed by atoms with Crippen molar-refractivity contribution in [2.45, 2.75) is 13.5 Å². The zero-order valence-electron chi connectivity index (χ0n) is 11.3. The minimum absolute atomic E-state index is 0.143. The van der Waals surface area contributed by atoms with Crippen LogP contribution in [0.1, 0.15) is 25.8 Å². The summed E-state index contributed by atoms with van der Waals surface area (Å²) in [4.78, 5) is 17.3. The number of nitrogens with one attached hydrogen (secondary N) is 1. The van der Waals surface area contributed by atoms with Crippen molar-refractivity contribution in [3.05, 3.63) is 51.2 Å². The van der Waals surface area contributed by atoms with Gasteiger partial charge in [0.15, 0.2) is 0 Å². The molecular formula is C15H13FN2O2S. The molecular weight excluding hydrogens is 291 g/mol. The van der Waals surface area contributed by atoms with Crippen LogP contribution in [0.2, 0.25) is 0 Å². The lowest BCUT2D eigenvalue weighted by Gasteiger charge is -2.06. The number of carbonyl (C=O) groups is 1. The SMILES string of the molecule is Cc1cnc(CNC(=O)c2cc(F)ccc2C#CCO)s1. The van der Waals surface area contributed by atoms with Gasteiger partial charge in [-0.05, 0) is 25.1 Å². The monoisotopic (exact) mass is 304 g/mol. The van der Waals surface area contributed by atoms with E-state index in [1.54, 1.807) is 6.20 Å². The summed E-state index contributed by atoms with van der Waals surface area (Å²) >= 11 is 1.49. The summed E-state index contributed by atoms with van der Waals surface area (Å²) in [5, 5.41) is 12.2. The molecule has 2 rings (SSSR count). The number of aryl methyl sites for hydroxylation is 1. The van der Waals surface area contributed by atoms with Crippen molar-refractivity contribution in [2.75, 3.05) is 6.61 Å². The maximum absolute atomic E-state index is 13.3. The summed E-state index contributed by atoms with van der Waals surface area (Å²) in [6.07, 6.45) is 1.73. The molecule has 0 fully saturated rings. The topological polar surface area (TPSA) is 62.2 Å². The second-order valence-electron chi connectivity index (χ2n) is 4.20. The Hall–Kier alpha value is -2.23. The molecule has 0 spiro atoms.